The summed E-state index contributed by atoms with van der Waals surface area (Å²) in [6.45, 7) is 1.75. The predicted octanol–water partition coefficient (Wildman–Crippen LogP) is 1.98. The summed E-state index contributed by atoms with van der Waals surface area (Å²) in [6, 6.07) is 3.83. The summed E-state index contributed by atoms with van der Waals surface area (Å²) in [5, 5.41) is 3.63. The van der Waals surface area contributed by atoms with Crippen LogP contribution in [0.4, 0.5) is 0 Å². The van der Waals surface area contributed by atoms with Gasteiger partial charge < -0.3 is 10.2 Å². The Balaban J connectivity index is 0.00000162. The smallest absolute Gasteiger partial charge is 0.256 e. The maximum absolute atomic E-state index is 12.1. The van der Waals surface area contributed by atoms with Crippen molar-refractivity contribution in [3.63, 3.8) is 0 Å². The molecule has 1 fully saturated rings. The Morgan fingerprint density at radius 1 is 1.67 bits per heavy atom. The molecular weight excluding hydrogens is 273 g/mol. The van der Waals surface area contributed by atoms with Crippen LogP contribution in [0.25, 0.3) is 0 Å². The van der Waals surface area contributed by atoms with Gasteiger partial charge in [-0.25, -0.2) is 4.98 Å². The Bertz CT molecular complexity index is 408. The van der Waals surface area contributed by atoms with Crippen LogP contribution in [0.1, 0.15) is 23.2 Å². The Labute approximate surface area is 118 Å². The van der Waals surface area contributed by atoms with E-state index in [1.54, 1.807) is 30.3 Å². The number of hydrogen-bond acceptors (Lipinski definition) is 3. The summed E-state index contributed by atoms with van der Waals surface area (Å²) in [5.41, 5.74) is 0.467. The van der Waals surface area contributed by atoms with Crippen molar-refractivity contribution in [1.82, 2.24) is 15.2 Å². The number of amides is 1. The first kappa shape index (κ1) is 15.2. The van der Waals surface area contributed by atoms with Crippen LogP contribution in [0, 0.1) is 0 Å². The number of hydrogen-bond donors (Lipinski definition) is 1. The molecule has 6 heteroatoms. The molecule has 1 amide bonds. The molecule has 1 unspecified atom stereocenters. The van der Waals surface area contributed by atoms with E-state index in [0.717, 1.165) is 13.0 Å². The van der Waals surface area contributed by atoms with Gasteiger partial charge in [-0.2, -0.15) is 0 Å². The third kappa shape index (κ3) is 3.57. The highest BCUT2D eigenvalue weighted by Gasteiger charge is 2.21. The number of halogens is 2. The molecule has 4 nitrogen and oxygen atoms in total. The number of carbonyl (C=O) groups is 1. The maximum Gasteiger partial charge on any atom is 0.256 e. The van der Waals surface area contributed by atoms with Crippen molar-refractivity contribution < 1.29 is 4.79 Å². The number of rotatable bonds is 3. The summed E-state index contributed by atoms with van der Waals surface area (Å²) in [4.78, 5) is 17.7. The average molecular weight is 290 g/mol. The van der Waals surface area contributed by atoms with Crippen LogP contribution in [0.2, 0.25) is 5.15 Å². The van der Waals surface area contributed by atoms with Gasteiger partial charge in [-0.1, -0.05) is 11.6 Å². The van der Waals surface area contributed by atoms with Crippen molar-refractivity contribution in [2.45, 2.75) is 18.9 Å². The summed E-state index contributed by atoms with van der Waals surface area (Å²) in [5.74, 6) is -0.0724. The van der Waals surface area contributed by atoms with Gasteiger partial charge in [0.25, 0.3) is 5.91 Å². The SMILES string of the molecule is CN(CC1CCCN1)C(=O)c1cccnc1Cl.Cl. The molecule has 100 valence electrons. The molecule has 0 aliphatic carbocycles. The molecule has 1 aromatic rings. The second-order valence-corrected chi connectivity index (χ2v) is 4.68. The highest BCUT2D eigenvalue weighted by atomic mass is 35.5. The molecule has 2 rings (SSSR count). The number of pyridine rings is 1. The quantitative estimate of drug-likeness (QED) is 0.866. The Hall–Kier alpha value is -0.840. The first-order chi connectivity index (χ1) is 8.18. The summed E-state index contributed by atoms with van der Waals surface area (Å²) >= 11 is 5.91. The summed E-state index contributed by atoms with van der Waals surface area (Å²) < 4.78 is 0. The first-order valence-corrected chi connectivity index (χ1v) is 6.15. The van der Waals surface area contributed by atoms with Crippen LogP contribution in [0.15, 0.2) is 18.3 Å². The fourth-order valence-electron chi connectivity index (χ4n) is 2.08. The summed E-state index contributed by atoms with van der Waals surface area (Å²) in [6.07, 6.45) is 3.89. The molecule has 1 aliphatic rings. The van der Waals surface area contributed by atoms with Crippen molar-refractivity contribution in [2.75, 3.05) is 20.1 Å². The first-order valence-electron chi connectivity index (χ1n) is 5.78. The van der Waals surface area contributed by atoms with Gasteiger partial charge in [-0.3, -0.25) is 4.79 Å². The van der Waals surface area contributed by atoms with Gasteiger partial charge in [-0.15, -0.1) is 12.4 Å². The molecule has 1 atom stereocenters. The molecule has 0 saturated carbocycles. The van der Waals surface area contributed by atoms with E-state index in [1.165, 1.54) is 6.42 Å². The number of nitrogens with one attached hydrogen (secondary N) is 1. The number of carbonyl (C=O) groups excluding carboxylic acids is 1. The molecule has 0 radical (unpaired) electrons. The van der Waals surface area contributed by atoms with Crippen molar-refractivity contribution in [3.8, 4) is 0 Å². The molecule has 0 aromatic carbocycles. The van der Waals surface area contributed by atoms with Crippen LogP contribution in [0.3, 0.4) is 0 Å². The molecule has 1 aromatic heterocycles. The Morgan fingerprint density at radius 2 is 2.44 bits per heavy atom. The molecule has 2 heterocycles. The van der Waals surface area contributed by atoms with Gasteiger partial charge in [0.1, 0.15) is 5.15 Å². The zero-order chi connectivity index (χ0) is 12.3. The van der Waals surface area contributed by atoms with E-state index >= 15 is 0 Å². The van der Waals surface area contributed by atoms with Crippen LogP contribution in [-0.4, -0.2) is 42.0 Å². The molecule has 0 bridgehead atoms. The molecule has 1 saturated heterocycles. The van der Waals surface area contributed by atoms with Gasteiger partial charge >= 0.3 is 0 Å². The Morgan fingerprint density at radius 3 is 3.06 bits per heavy atom. The lowest BCUT2D eigenvalue weighted by Crippen LogP contribution is -2.38. The van der Waals surface area contributed by atoms with E-state index in [4.69, 9.17) is 11.6 Å². The second-order valence-electron chi connectivity index (χ2n) is 4.32. The lowest BCUT2D eigenvalue weighted by molar-refractivity contribution is 0.0783. The molecule has 1 N–H and O–H groups in total. The van der Waals surface area contributed by atoms with Crippen molar-refractivity contribution in [2.24, 2.45) is 0 Å². The molecule has 1 aliphatic heterocycles. The monoisotopic (exact) mass is 289 g/mol. The standard InChI is InChI=1S/C12H16ClN3O.ClH/c1-16(8-9-4-2-6-14-9)12(17)10-5-3-7-15-11(10)13;/h3,5,7,9,14H,2,4,6,8H2,1H3;1H. The lowest BCUT2D eigenvalue weighted by atomic mass is 10.2. The number of aromatic nitrogens is 1. The minimum absolute atomic E-state index is 0. The molecular formula is C12H17Cl2N3O. The molecule has 0 spiro atoms. The number of nitrogens with zero attached hydrogens (tertiary/aromatic N) is 2. The predicted molar refractivity (Wildman–Crippen MR) is 74.5 cm³/mol. The van der Waals surface area contributed by atoms with E-state index in [0.29, 0.717) is 18.2 Å². The highest BCUT2D eigenvalue weighted by molar-refractivity contribution is 6.32. The van der Waals surface area contributed by atoms with Gasteiger partial charge in [-0.05, 0) is 31.5 Å². The van der Waals surface area contributed by atoms with Gasteiger partial charge in [0.2, 0.25) is 0 Å². The lowest BCUT2D eigenvalue weighted by Gasteiger charge is -2.21. The van der Waals surface area contributed by atoms with Gasteiger partial charge in [0.05, 0.1) is 5.56 Å². The van der Waals surface area contributed by atoms with Crippen molar-refractivity contribution in [1.29, 1.82) is 0 Å². The third-order valence-electron chi connectivity index (χ3n) is 2.99. The van der Waals surface area contributed by atoms with E-state index in [9.17, 15) is 4.79 Å². The van der Waals surface area contributed by atoms with Gasteiger partial charge in [0, 0.05) is 25.8 Å². The van der Waals surface area contributed by atoms with Crippen molar-refractivity contribution in [3.05, 3.63) is 29.0 Å². The maximum atomic E-state index is 12.1. The highest BCUT2D eigenvalue weighted by Crippen LogP contribution is 2.14. The minimum Gasteiger partial charge on any atom is -0.340 e. The zero-order valence-corrected chi connectivity index (χ0v) is 11.8. The fraction of sp³-hybridized carbons (Fsp3) is 0.500. The van der Waals surface area contributed by atoms with E-state index < -0.39 is 0 Å². The zero-order valence-electron chi connectivity index (χ0n) is 10.2. The van der Waals surface area contributed by atoms with Gasteiger partial charge in [0.15, 0.2) is 0 Å². The fourth-order valence-corrected chi connectivity index (χ4v) is 2.28. The van der Waals surface area contributed by atoms with Crippen LogP contribution in [0.5, 0.6) is 0 Å². The second kappa shape index (κ2) is 6.92. The Kier molecular flexibility index (Phi) is 5.85. The van der Waals surface area contributed by atoms with Crippen LogP contribution < -0.4 is 5.32 Å². The normalized spacial score (nSPS) is 18.2. The average Bonchev–Trinajstić information content (AvgIpc) is 2.81. The van der Waals surface area contributed by atoms with E-state index in [2.05, 4.69) is 10.3 Å². The van der Waals surface area contributed by atoms with Crippen molar-refractivity contribution >= 4 is 29.9 Å². The largest absolute Gasteiger partial charge is 0.340 e. The summed E-state index contributed by atoms with van der Waals surface area (Å²) in [7, 11) is 1.80. The number of likely N-dealkylation sites (N-methyl/N-ethyl adjacent to an activating group) is 1. The van der Waals surface area contributed by atoms with Crippen LogP contribution in [-0.2, 0) is 0 Å². The molecule has 18 heavy (non-hydrogen) atoms. The topological polar surface area (TPSA) is 45.2 Å². The third-order valence-corrected chi connectivity index (χ3v) is 3.29. The minimum atomic E-state index is -0.0724. The van der Waals surface area contributed by atoms with E-state index in [1.807, 2.05) is 0 Å². The van der Waals surface area contributed by atoms with Crippen LogP contribution >= 0.6 is 24.0 Å². The van der Waals surface area contributed by atoms with E-state index in [-0.39, 0.29) is 23.5 Å².